The van der Waals surface area contributed by atoms with Gasteiger partial charge in [0.15, 0.2) is 5.13 Å². The highest BCUT2D eigenvalue weighted by molar-refractivity contribution is 9.11. The van der Waals surface area contributed by atoms with Crippen molar-refractivity contribution in [1.82, 2.24) is 4.98 Å². The van der Waals surface area contributed by atoms with Crippen LogP contribution in [0.2, 0.25) is 0 Å². The summed E-state index contributed by atoms with van der Waals surface area (Å²) in [7, 11) is 0. The zero-order chi connectivity index (χ0) is 11.8. The van der Waals surface area contributed by atoms with E-state index >= 15 is 0 Å². The Balaban J connectivity index is 1.77. The van der Waals surface area contributed by atoms with E-state index in [1.807, 2.05) is 6.07 Å². The van der Waals surface area contributed by atoms with Crippen LogP contribution in [0.25, 0.3) is 0 Å². The summed E-state index contributed by atoms with van der Waals surface area (Å²) >= 11 is 6.35. The lowest BCUT2D eigenvalue weighted by Crippen LogP contribution is -2.09. The summed E-state index contributed by atoms with van der Waals surface area (Å²) in [5.74, 6) is -0.0498. The highest BCUT2D eigenvalue weighted by Crippen LogP contribution is 2.31. The predicted octanol–water partition coefficient (Wildman–Crippen LogP) is 3.71. The minimum absolute atomic E-state index is 0.0498. The van der Waals surface area contributed by atoms with Crippen LogP contribution >= 0.6 is 38.6 Å². The maximum absolute atomic E-state index is 12.0. The molecule has 0 radical (unpaired) electrons. The maximum atomic E-state index is 12.0. The Kier molecular flexibility index (Phi) is 3.02. The van der Waals surface area contributed by atoms with Crippen molar-refractivity contribution in [3.05, 3.63) is 31.4 Å². The SMILES string of the molecule is O=C(Nc1ncc(Br)s1)c1cc2c(s1)CCC2. The molecular weight excluding hydrogens is 320 g/mol. The summed E-state index contributed by atoms with van der Waals surface area (Å²) < 4.78 is 0.918. The zero-order valence-electron chi connectivity index (χ0n) is 8.83. The Morgan fingerprint density at radius 1 is 1.41 bits per heavy atom. The van der Waals surface area contributed by atoms with Crippen LogP contribution < -0.4 is 5.32 Å². The van der Waals surface area contributed by atoms with E-state index in [9.17, 15) is 4.79 Å². The molecule has 2 heterocycles. The highest BCUT2D eigenvalue weighted by atomic mass is 79.9. The number of thiazole rings is 1. The molecule has 0 fully saturated rings. The number of rotatable bonds is 2. The van der Waals surface area contributed by atoms with E-state index in [-0.39, 0.29) is 5.91 Å². The molecular formula is C11H9BrN2OS2. The van der Waals surface area contributed by atoms with Crippen molar-refractivity contribution in [3.8, 4) is 0 Å². The van der Waals surface area contributed by atoms with Crippen molar-refractivity contribution in [2.75, 3.05) is 5.32 Å². The van der Waals surface area contributed by atoms with Gasteiger partial charge in [-0.15, -0.1) is 11.3 Å². The lowest BCUT2D eigenvalue weighted by Gasteiger charge is -1.97. The number of amides is 1. The number of hydrogen-bond acceptors (Lipinski definition) is 4. The van der Waals surface area contributed by atoms with Gasteiger partial charge in [0.2, 0.25) is 0 Å². The van der Waals surface area contributed by atoms with Crippen molar-refractivity contribution < 1.29 is 4.79 Å². The number of carbonyl (C=O) groups excluding carboxylic acids is 1. The molecule has 1 amide bonds. The van der Waals surface area contributed by atoms with Gasteiger partial charge < -0.3 is 0 Å². The lowest BCUT2D eigenvalue weighted by molar-refractivity contribution is 0.103. The molecule has 1 N–H and O–H groups in total. The summed E-state index contributed by atoms with van der Waals surface area (Å²) in [4.78, 5) is 18.2. The molecule has 0 aromatic carbocycles. The monoisotopic (exact) mass is 328 g/mol. The van der Waals surface area contributed by atoms with E-state index in [1.165, 1.54) is 28.2 Å². The Labute approximate surface area is 115 Å². The van der Waals surface area contributed by atoms with Gasteiger partial charge in [0.25, 0.3) is 5.91 Å². The van der Waals surface area contributed by atoms with Gasteiger partial charge in [-0.1, -0.05) is 11.3 Å². The molecule has 1 aliphatic rings. The fraction of sp³-hybridized carbons (Fsp3) is 0.273. The van der Waals surface area contributed by atoms with Crippen molar-refractivity contribution in [1.29, 1.82) is 0 Å². The molecule has 0 unspecified atom stereocenters. The number of carbonyl (C=O) groups is 1. The number of halogens is 1. The quantitative estimate of drug-likeness (QED) is 0.913. The molecule has 2 aromatic rings. The molecule has 2 aromatic heterocycles. The number of anilines is 1. The third kappa shape index (κ3) is 2.29. The third-order valence-electron chi connectivity index (χ3n) is 2.67. The van der Waals surface area contributed by atoms with Crippen LogP contribution in [0.3, 0.4) is 0 Å². The summed E-state index contributed by atoms with van der Waals surface area (Å²) in [6, 6.07) is 2.02. The van der Waals surface area contributed by atoms with Gasteiger partial charge in [0.05, 0.1) is 14.9 Å². The smallest absolute Gasteiger partial charge is 0.267 e. The minimum atomic E-state index is -0.0498. The second kappa shape index (κ2) is 4.51. The van der Waals surface area contributed by atoms with E-state index in [2.05, 4.69) is 26.2 Å². The molecule has 3 nitrogen and oxygen atoms in total. The van der Waals surface area contributed by atoms with Gasteiger partial charge in [-0.05, 0) is 46.8 Å². The maximum Gasteiger partial charge on any atom is 0.267 e. The number of aromatic nitrogens is 1. The van der Waals surface area contributed by atoms with E-state index < -0.39 is 0 Å². The summed E-state index contributed by atoms with van der Waals surface area (Å²) in [5.41, 5.74) is 1.35. The molecule has 0 bridgehead atoms. The predicted molar refractivity (Wildman–Crippen MR) is 74.1 cm³/mol. The van der Waals surface area contributed by atoms with Gasteiger partial charge in [0, 0.05) is 4.88 Å². The van der Waals surface area contributed by atoms with Gasteiger partial charge in [-0.3, -0.25) is 10.1 Å². The molecule has 0 spiro atoms. The Hall–Kier alpha value is -0.720. The molecule has 1 aliphatic carbocycles. The number of nitrogens with one attached hydrogen (secondary N) is 1. The molecule has 0 aliphatic heterocycles. The second-order valence-electron chi connectivity index (χ2n) is 3.84. The standard InChI is InChI=1S/C11H9BrN2OS2/c12-9-5-13-11(17-9)14-10(15)8-4-6-2-1-3-7(6)16-8/h4-5H,1-3H2,(H,13,14,15). The van der Waals surface area contributed by atoms with Gasteiger partial charge >= 0.3 is 0 Å². The van der Waals surface area contributed by atoms with Gasteiger partial charge in [-0.25, -0.2) is 4.98 Å². The van der Waals surface area contributed by atoms with Crippen LogP contribution in [0.1, 0.15) is 26.5 Å². The molecule has 3 rings (SSSR count). The van der Waals surface area contributed by atoms with Crippen LogP contribution in [0, 0.1) is 0 Å². The van der Waals surface area contributed by atoms with Crippen LogP contribution in [-0.2, 0) is 12.8 Å². The van der Waals surface area contributed by atoms with Crippen LogP contribution in [-0.4, -0.2) is 10.9 Å². The van der Waals surface area contributed by atoms with Crippen molar-refractivity contribution in [2.24, 2.45) is 0 Å². The number of thiophene rings is 1. The fourth-order valence-corrected chi connectivity index (χ4v) is 4.16. The Morgan fingerprint density at radius 2 is 2.29 bits per heavy atom. The van der Waals surface area contributed by atoms with Crippen molar-refractivity contribution in [2.45, 2.75) is 19.3 Å². The summed E-state index contributed by atoms with van der Waals surface area (Å²) in [6.45, 7) is 0. The van der Waals surface area contributed by atoms with Gasteiger partial charge in [-0.2, -0.15) is 0 Å². The molecule has 0 saturated carbocycles. The lowest BCUT2D eigenvalue weighted by atomic mass is 10.2. The molecule has 88 valence electrons. The van der Waals surface area contributed by atoms with Crippen molar-refractivity contribution in [3.63, 3.8) is 0 Å². The third-order valence-corrected chi connectivity index (χ3v) is 5.30. The Morgan fingerprint density at radius 3 is 3.00 bits per heavy atom. The normalized spacial score (nSPS) is 13.7. The van der Waals surface area contributed by atoms with Crippen molar-refractivity contribution >= 4 is 49.6 Å². The number of nitrogens with zero attached hydrogens (tertiary/aromatic N) is 1. The average molecular weight is 329 g/mol. The number of fused-ring (bicyclic) bond motifs is 1. The molecule has 6 heteroatoms. The van der Waals surface area contributed by atoms with E-state index in [0.29, 0.717) is 5.13 Å². The van der Waals surface area contributed by atoms with Crippen LogP contribution in [0.4, 0.5) is 5.13 Å². The fourth-order valence-electron chi connectivity index (χ4n) is 1.91. The minimum Gasteiger partial charge on any atom is -0.297 e. The van der Waals surface area contributed by atoms with E-state index in [1.54, 1.807) is 17.5 Å². The first-order chi connectivity index (χ1) is 8.22. The number of aryl methyl sites for hydroxylation is 2. The van der Waals surface area contributed by atoms with Crippen LogP contribution in [0.15, 0.2) is 16.0 Å². The highest BCUT2D eigenvalue weighted by Gasteiger charge is 2.18. The summed E-state index contributed by atoms with van der Waals surface area (Å²) in [6.07, 6.45) is 5.15. The largest absolute Gasteiger partial charge is 0.297 e. The second-order valence-corrected chi connectivity index (χ2v) is 7.38. The topological polar surface area (TPSA) is 42.0 Å². The first-order valence-electron chi connectivity index (χ1n) is 5.26. The Bertz CT molecular complexity index is 554. The molecule has 17 heavy (non-hydrogen) atoms. The van der Waals surface area contributed by atoms with E-state index in [0.717, 1.165) is 21.5 Å². The first-order valence-corrected chi connectivity index (χ1v) is 7.69. The van der Waals surface area contributed by atoms with Gasteiger partial charge in [0.1, 0.15) is 0 Å². The number of hydrogen-bond donors (Lipinski definition) is 1. The molecule has 0 saturated heterocycles. The van der Waals surface area contributed by atoms with Crippen LogP contribution in [0.5, 0.6) is 0 Å². The van der Waals surface area contributed by atoms with E-state index in [4.69, 9.17) is 0 Å². The summed E-state index contributed by atoms with van der Waals surface area (Å²) in [5, 5.41) is 3.45. The first kappa shape index (κ1) is 11.4. The molecule has 0 atom stereocenters. The zero-order valence-corrected chi connectivity index (χ0v) is 12.0. The average Bonchev–Trinajstić information content (AvgIpc) is 2.92.